The summed E-state index contributed by atoms with van der Waals surface area (Å²) in [7, 11) is 0. The molecule has 1 saturated heterocycles. The summed E-state index contributed by atoms with van der Waals surface area (Å²) in [6.45, 7) is 3.84. The standard InChI is InChI=1S/C26H33N3O3/c1-2-10-24(30)27-18-21-13-9-16-29(19-21)26(32)23(17-20-11-5-3-6-12-20)28-25(31)22-14-7-4-8-15-22/h3-8,11-12,14-15,21,23H,2,9-10,13,16-19H2,1H3,(H,27,30)(H,28,31)/t21-,23+/m0/s1. The number of amides is 3. The molecule has 2 aromatic carbocycles. The summed E-state index contributed by atoms with van der Waals surface area (Å²) in [4.78, 5) is 40.0. The van der Waals surface area contributed by atoms with E-state index in [1.54, 1.807) is 12.1 Å². The van der Waals surface area contributed by atoms with E-state index in [2.05, 4.69) is 10.6 Å². The van der Waals surface area contributed by atoms with Crippen LogP contribution in [0.1, 0.15) is 48.5 Å². The smallest absolute Gasteiger partial charge is 0.251 e. The molecule has 6 heteroatoms. The van der Waals surface area contributed by atoms with Crippen molar-refractivity contribution >= 4 is 17.7 Å². The zero-order valence-corrected chi connectivity index (χ0v) is 18.8. The zero-order valence-electron chi connectivity index (χ0n) is 18.8. The van der Waals surface area contributed by atoms with Gasteiger partial charge in [-0.1, -0.05) is 55.5 Å². The summed E-state index contributed by atoms with van der Waals surface area (Å²) in [6.07, 6.45) is 3.66. The third-order valence-corrected chi connectivity index (χ3v) is 5.82. The molecular formula is C26H33N3O3. The van der Waals surface area contributed by atoms with Gasteiger partial charge in [-0.25, -0.2) is 0 Å². The van der Waals surface area contributed by atoms with Crippen LogP contribution < -0.4 is 10.6 Å². The van der Waals surface area contributed by atoms with Crippen molar-refractivity contribution in [1.29, 1.82) is 0 Å². The van der Waals surface area contributed by atoms with Crippen LogP contribution in [0.25, 0.3) is 0 Å². The molecule has 170 valence electrons. The Balaban J connectivity index is 1.68. The fourth-order valence-corrected chi connectivity index (χ4v) is 4.11. The second-order valence-electron chi connectivity index (χ2n) is 8.43. The number of carbonyl (C=O) groups excluding carboxylic acids is 3. The van der Waals surface area contributed by atoms with Crippen LogP contribution in [0.4, 0.5) is 0 Å². The van der Waals surface area contributed by atoms with Gasteiger partial charge in [0.25, 0.3) is 5.91 Å². The molecule has 0 aliphatic carbocycles. The molecule has 2 aromatic rings. The molecule has 2 N–H and O–H groups in total. The Morgan fingerprint density at radius 3 is 2.41 bits per heavy atom. The van der Waals surface area contributed by atoms with Gasteiger partial charge in [-0.05, 0) is 42.9 Å². The Hall–Kier alpha value is -3.15. The molecule has 1 aliphatic rings. The molecule has 0 saturated carbocycles. The van der Waals surface area contributed by atoms with Crippen LogP contribution in [0.3, 0.4) is 0 Å². The summed E-state index contributed by atoms with van der Waals surface area (Å²) in [5.41, 5.74) is 1.54. The normalized spacial score (nSPS) is 16.8. The topological polar surface area (TPSA) is 78.5 Å². The Labute approximate surface area is 190 Å². The van der Waals surface area contributed by atoms with Crippen LogP contribution in [0.15, 0.2) is 60.7 Å². The average molecular weight is 436 g/mol. The third kappa shape index (κ3) is 6.94. The fourth-order valence-electron chi connectivity index (χ4n) is 4.11. The number of likely N-dealkylation sites (tertiary alicyclic amines) is 1. The van der Waals surface area contributed by atoms with Gasteiger partial charge in [0.2, 0.25) is 11.8 Å². The first-order valence-corrected chi connectivity index (χ1v) is 11.5. The molecule has 1 heterocycles. The van der Waals surface area contributed by atoms with Crippen molar-refractivity contribution in [3.63, 3.8) is 0 Å². The molecule has 1 fully saturated rings. The van der Waals surface area contributed by atoms with Crippen LogP contribution in [-0.4, -0.2) is 48.3 Å². The Morgan fingerprint density at radius 2 is 1.72 bits per heavy atom. The number of piperidine rings is 1. The Morgan fingerprint density at radius 1 is 1.03 bits per heavy atom. The lowest BCUT2D eigenvalue weighted by Gasteiger charge is -2.35. The van der Waals surface area contributed by atoms with Gasteiger partial charge in [0.1, 0.15) is 6.04 Å². The monoisotopic (exact) mass is 435 g/mol. The highest BCUT2D eigenvalue weighted by molar-refractivity contribution is 5.97. The molecule has 6 nitrogen and oxygen atoms in total. The largest absolute Gasteiger partial charge is 0.356 e. The molecule has 2 atom stereocenters. The lowest BCUT2D eigenvalue weighted by molar-refractivity contribution is -0.135. The van der Waals surface area contributed by atoms with Gasteiger partial charge in [0.15, 0.2) is 0 Å². The maximum Gasteiger partial charge on any atom is 0.251 e. The lowest BCUT2D eigenvalue weighted by atomic mass is 9.96. The first-order valence-electron chi connectivity index (χ1n) is 11.5. The van der Waals surface area contributed by atoms with Crippen molar-refractivity contribution in [3.05, 3.63) is 71.8 Å². The van der Waals surface area contributed by atoms with E-state index in [1.807, 2.05) is 60.4 Å². The number of rotatable bonds is 9. The van der Waals surface area contributed by atoms with E-state index >= 15 is 0 Å². The van der Waals surface area contributed by atoms with Crippen LogP contribution in [0, 0.1) is 5.92 Å². The molecule has 0 unspecified atom stereocenters. The number of hydrogen-bond acceptors (Lipinski definition) is 3. The van der Waals surface area contributed by atoms with E-state index in [1.165, 1.54) is 0 Å². The molecule has 3 rings (SSSR count). The Bertz CT molecular complexity index is 886. The van der Waals surface area contributed by atoms with E-state index in [4.69, 9.17) is 0 Å². The Kier molecular flexibility index (Phi) is 8.84. The van der Waals surface area contributed by atoms with Crippen LogP contribution >= 0.6 is 0 Å². The second-order valence-corrected chi connectivity index (χ2v) is 8.43. The molecule has 0 aromatic heterocycles. The van der Waals surface area contributed by atoms with E-state index in [0.29, 0.717) is 38.0 Å². The number of nitrogens with one attached hydrogen (secondary N) is 2. The van der Waals surface area contributed by atoms with Gasteiger partial charge < -0.3 is 15.5 Å². The predicted molar refractivity (Wildman–Crippen MR) is 125 cm³/mol. The molecular weight excluding hydrogens is 402 g/mol. The molecule has 0 bridgehead atoms. The molecule has 3 amide bonds. The number of nitrogens with zero attached hydrogens (tertiary/aromatic N) is 1. The summed E-state index contributed by atoms with van der Waals surface area (Å²) in [6, 6.07) is 18.1. The van der Waals surface area contributed by atoms with Crippen molar-refractivity contribution in [1.82, 2.24) is 15.5 Å². The quantitative estimate of drug-likeness (QED) is 0.635. The van der Waals surface area contributed by atoms with Crippen molar-refractivity contribution in [2.24, 2.45) is 5.92 Å². The minimum atomic E-state index is -0.640. The first-order chi connectivity index (χ1) is 15.6. The summed E-state index contributed by atoms with van der Waals surface area (Å²) in [5.74, 6) is -0.0216. The van der Waals surface area contributed by atoms with Crippen molar-refractivity contribution < 1.29 is 14.4 Å². The SMILES string of the molecule is CCCC(=O)NC[C@@H]1CCCN(C(=O)[C@@H](Cc2ccccc2)NC(=O)c2ccccc2)C1. The van der Waals surface area contributed by atoms with Crippen LogP contribution in [-0.2, 0) is 16.0 Å². The summed E-state index contributed by atoms with van der Waals surface area (Å²) in [5, 5.41) is 5.95. The van der Waals surface area contributed by atoms with Gasteiger partial charge >= 0.3 is 0 Å². The van der Waals surface area contributed by atoms with E-state index in [-0.39, 0.29) is 23.6 Å². The van der Waals surface area contributed by atoms with Gasteiger partial charge in [0, 0.05) is 38.0 Å². The minimum Gasteiger partial charge on any atom is -0.356 e. The highest BCUT2D eigenvalue weighted by atomic mass is 16.2. The highest BCUT2D eigenvalue weighted by Gasteiger charge is 2.30. The zero-order chi connectivity index (χ0) is 22.8. The lowest BCUT2D eigenvalue weighted by Crippen LogP contribution is -2.53. The third-order valence-electron chi connectivity index (χ3n) is 5.82. The number of carbonyl (C=O) groups is 3. The van der Waals surface area contributed by atoms with Gasteiger partial charge in [-0.2, -0.15) is 0 Å². The maximum absolute atomic E-state index is 13.5. The van der Waals surface area contributed by atoms with Crippen molar-refractivity contribution in [2.45, 2.75) is 45.1 Å². The molecule has 1 aliphatic heterocycles. The summed E-state index contributed by atoms with van der Waals surface area (Å²) >= 11 is 0. The predicted octanol–water partition coefficient (Wildman–Crippen LogP) is 3.18. The van der Waals surface area contributed by atoms with Crippen molar-refractivity contribution in [3.8, 4) is 0 Å². The maximum atomic E-state index is 13.5. The van der Waals surface area contributed by atoms with Crippen LogP contribution in [0.2, 0.25) is 0 Å². The molecule has 0 radical (unpaired) electrons. The second kappa shape index (κ2) is 12.0. The van der Waals surface area contributed by atoms with Gasteiger partial charge in [0.05, 0.1) is 0 Å². The van der Waals surface area contributed by atoms with E-state index in [0.717, 1.165) is 24.8 Å². The minimum absolute atomic E-state index is 0.0630. The summed E-state index contributed by atoms with van der Waals surface area (Å²) < 4.78 is 0. The van der Waals surface area contributed by atoms with E-state index in [9.17, 15) is 14.4 Å². The van der Waals surface area contributed by atoms with Gasteiger partial charge in [-0.3, -0.25) is 14.4 Å². The van der Waals surface area contributed by atoms with Gasteiger partial charge in [-0.15, -0.1) is 0 Å². The molecule has 32 heavy (non-hydrogen) atoms. The average Bonchev–Trinajstić information content (AvgIpc) is 2.83. The molecule has 0 spiro atoms. The number of hydrogen-bond donors (Lipinski definition) is 2. The van der Waals surface area contributed by atoms with Crippen molar-refractivity contribution in [2.75, 3.05) is 19.6 Å². The number of benzene rings is 2. The highest BCUT2D eigenvalue weighted by Crippen LogP contribution is 2.18. The van der Waals surface area contributed by atoms with E-state index < -0.39 is 6.04 Å². The first kappa shape index (κ1) is 23.5. The van der Waals surface area contributed by atoms with Crippen LogP contribution in [0.5, 0.6) is 0 Å². The fraction of sp³-hybridized carbons (Fsp3) is 0.423.